The zero-order valence-electron chi connectivity index (χ0n) is 9.21. The van der Waals surface area contributed by atoms with Gasteiger partial charge in [-0.2, -0.15) is 0 Å². The van der Waals surface area contributed by atoms with Crippen molar-refractivity contribution >= 4 is 12.6 Å². The third-order valence-corrected chi connectivity index (χ3v) is 2.28. The molecule has 2 aromatic carbocycles. The van der Waals surface area contributed by atoms with Crippen LogP contribution in [0, 0.1) is 0 Å². The Balaban J connectivity index is 0.000000165. The van der Waals surface area contributed by atoms with Crippen molar-refractivity contribution < 1.29 is 0 Å². The molecule has 0 aromatic heterocycles. The van der Waals surface area contributed by atoms with E-state index < -0.39 is 0 Å². The Hall–Kier alpha value is -1.47. The second kappa shape index (κ2) is 7.77. The molecule has 0 aliphatic heterocycles. The maximum atomic E-state index is 4.08. The van der Waals surface area contributed by atoms with Gasteiger partial charge in [-0.15, -0.1) is 19.2 Å². The first-order chi connectivity index (χ1) is 7.83. The Labute approximate surface area is 103 Å². The molecular formula is C15H16S. The van der Waals surface area contributed by atoms with Crippen LogP contribution >= 0.6 is 12.6 Å². The van der Waals surface area contributed by atoms with Crippen molar-refractivity contribution in [3.8, 4) is 0 Å². The van der Waals surface area contributed by atoms with Crippen LogP contribution in [0.1, 0.15) is 5.56 Å². The van der Waals surface area contributed by atoms with Crippen LogP contribution in [0.15, 0.2) is 78.2 Å². The summed E-state index contributed by atoms with van der Waals surface area (Å²) in [5.74, 6) is 0. The van der Waals surface area contributed by atoms with E-state index in [1.54, 1.807) is 0 Å². The number of hydrogen-bond donors (Lipinski definition) is 1. The summed E-state index contributed by atoms with van der Waals surface area (Å²) in [5, 5.41) is 0. The summed E-state index contributed by atoms with van der Waals surface area (Å²) in [4.78, 5) is 1.02. The molecule has 0 fully saturated rings. The van der Waals surface area contributed by atoms with Gasteiger partial charge < -0.3 is 0 Å². The minimum Gasteiger partial charge on any atom is -0.143 e. The molecule has 0 heterocycles. The lowest BCUT2D eigenvalue weighted by molar-refractivity contribution is 1.28. The standard InChI is InChI=1S/C9H10.C6H6S/c1-2-6-9-7-4-3-5-8-9;7-6-4-2-1-3-5-6/h2-5,7-8H,1,6H2;1-5,7H. The number of benzene rings is 2. The molecule has 2 rings (SSSR count). The molecule has 1 heteroatoms. The average molecular weight is 228 g/mol. The van der Waals surface area contributed by atoms with Crippen molar-refractivity contribution in [2.45, 2.75) is 11.3 Å². The lowest BCUT2D eigenvalue weighted by Crippen LogP contribution is -1.75. The zero-order chi connectivity index (χ0) is 11.6. The van der Waals surface area contributed by atoms with Gasteiger partial charge in [0.1, 0.15) is 0 Å². The highest BCUT2D eigenvalue weighted by Gasteiger charge is 1.82. The third-order valence-electron chi connectivity index (χ3n) is 1.98. The smallest absolute Gasteiger partial charge is 0.00399 e. The van der Waals surface area contributed by atoms with Gasteiger partial charge in [0.15, 0.2) is 0 Å². The Bertz CT molecular complexity index is 392. The number of hydrogen-bond acceptors (Lipinski definition) is 1. The van der Waals surface area contributed by atoms with Crippen LogP contribution in [-0.4, -0.2) is 0 Å². The van der Waals surface area contributed by atoms with E-state index in [2.05, 4.69) is 31.3 Å². The fourth-order valence-corrected chi connectivity index (χ4v) is 1.38. The van der Waals surface area contributed by atoms with Crippen LogP contribution < -0.4 is 0 Å². The molecule has 0 spiro atoms. The summed E-state index contributed by atoms with van der Waals surface area (Å²) in [6.45, 7) is 3.66. The molecular weight excluding hydrogens is 212 g/mol. The van der Waals surface area contributed by atoms with E-state index in [0.717, 1.165) is 11.3 Å². The number of allylic oxidation sites excluding steroid dienone is 1. The van der Waals surface area contributed by atoms with Crippen molar-refractivity contribution in [2.75, 3.05) is 0 Å². The maximum absolute atomic E-state index is 4.08. The van der Waals surface area contributed by atoms with Crippen LogP contribution in [0.5, 0.6) is 0 Å². The molecule has 0 unspecified atom stereocenters. The van der Waals surface area contributed by atoms with E-state index in [-0.39, 0.29) is 0 Å². The first-order valence-corrected chi connectivity index (χ1v) is 5.66. The quantitative estimate of drug-likeness (QED) is 0.572. The normalized spacial score (nSPS) is 8.81. The molecule has 0 nitrogen and oxygen atoms in total. The lowest BCUT2D eigenvalue weighted by Gasteiger charge is -1.91. The average Bonchev–Trinajstić information content (AvgIpc) is 2.33. The molecule has 0 N–H and O–H groups in total. The molecule has 0 amide bonds. The van der Waals surface area contributed by atoms with Gasteiger partial charge in [-0.1, -0.05) is 54.6 Å². The summed E-state index contributed by atoms with van der Waals surface area (Å²) < 4.78 is 0. The minimum absolute atomic E-state index is 0.973. The van der Waals surface area contributed by atoms with Gasteiger partial charge in [0.25, 0.3) is 0 Å². The summed E-state index contributed by atoms with van der Waals surface area (Å²) in [6.07, 6.45) is 2.89. The van der Waals surface area contributed by atoms with Gasteiger partial charge in [-0.05, 0) is 24.1 Å². The highest BCUT2D eigenvalue weighted by Crippen LogP contribution is 2.01. The monoisotopic (exact) mass is 228 g/mol. The summed E-state index contributed by atoms with van der Waals surface area (Å²) in [7, 11) is 0. The summed E-state index contributed by atoms with van der Waals surface area (Å²) in [6, 6.07) is 20.1. The lowest BCUT2D eigenvalue weighted by atomic mass is 10.2. The molecule has 82 valence electrons. The first-order valence-electron chi connectivity index (χ1n) is 5.22. The van der Waals surface area contributed by atoms with Crippen LogP contribution in [0.4, 0.5) is 0 Å². The van der Waals surface area contributed by atoms with Gasteiger partial charge in [0.2, 0.25) is 0 Å². The Morgan fingerprint density at radius 2 is 1.38 bits per heavy atom. The SMILES string of the molecule is C=CCc1ccccc1.Sc1ccccc1. The largest absolute Gasteiger partial charge is 0.143 e. The van der Waals surface area contributed by atoms with Gasteiger partial charge in [0.05, 0.1) is 0 Å². The van der Waals surface area contributed by atoms with E-state index in [1.807, 2.05) is 54.6 Å². The number of thiol groups is 1. The highest BCUT2D eigenvalue weighted by molar-refractivity contribution is 7.80. The fourth-order valence-electron chi connectivity index (χ4n) is 1.21. The minimum atomic E-state index is 0.973. The second-order valence-electron chi connectivity index (χ2n) is 3.31. The second-order valence-corrected chi connectivity index (χ2v) is 3.83. The highest BCUT2D eigenvalue weighted by atomic mass is 32.1. The van der Waals surface area contributed by atoms with Crippen LogP contribution in [0.25, 0.3) is 0 Å². The van der Waals surface area contributed by atoms with Gasteiger partial charge in [0, 0.05) is 4.90 Å². The van der Waals surface area contributed by atoms with Crippen molar-refractivity contribution in [2.24, 2.45) is 0 Å². The molecule has 0 saturated carbocycles. The molecule has 0 atom stereocenters. The van der Waals surface area contributed by atoms with E-state index >= 15 is 0 Å². The van der Waals surface area contributed by atoms with E-state index in [9.17, 15) is 0 Å². The van der Waals surface area contributed by atoms with Crippen LogP contribution in [-0.2, 0) is 6.42 Å². The maximum Gasteiger partial charge on any atom is 0.00399 e. The first kappa shape index (κ1) is 12.6. The Morgan fingerprint density at radius 1 is 0.875 bits per heavy atom. The van der Waals surface area contributed by atoms with Gasteiger partial charge in [-0.3, -0.25) is 0 Å². The zero-order valence-corrected chi connectivity index (χ0v) is 10.1. The van der Waals surface area contributed by atoms with Crippen molar-refractivity contribution in [3.05, 3.63) is 78.9 Å². The van der Waals surface area contributed by atoms with E-state index in [0.29, 0.717) is 0 Å². The molecule has 0 aliphatic carbocycles. The van der Waals surface area contributed by atoms with Gasteiger partial charge in [-0.25, -0.2) is 0 Å². The van der Waals surface area contributed by atoms with Gasteiger partial charge >= 0.3 is 0 Å². The van der Waals surface area contributed by atoms with E-state index in [1.165, 1.54) is 5.56 Å². The molecule has 16 heavy (non-hydrogen) atoms. The molecule has 0 bridgehead atoms. The van der Waals surface area contributed by atoms with Crippen LogP contribution in [0.3, 0.4) is 0 Å². The Morgan fingerprint density at radius 3 is 1.75 bits per heavy atom. The fraction of sp³-hybridized carbons (Fsp3) is 0.0667. The summed E-state index contributed by atoms with van der Waals surface area (Å²) >= 11 is 4.08. The van der Waals surface area contributed by atoms with E-state index in [4.69, 9.17) is 0 Å². The topological polar surface area (TPSA) is 0 Å². The van der Waals surface area contributed by atoms with Crippen molar-refractivity contribution in [3.63, 3.8) is 0 Å². The summed E-state index contributed by atoms with van der Waals surface area (Å²) in [5.41, 5.74) is 1.33. The molecule has 0 aliphatic rings. The third kappa shape index (κ3) is 5.42. The van der Waals surface area contributed by atoms with Crippen molar-refractivity contribution in [1.29, 1.82) is 0 Å². The molecule has 2 aromatic rings. The molecule has 0 radical (unpaired) electrons. The van der Waals surface area contributed by atoms with Crippen LogP contribution in [0.2, 0.25) is 0 Å². The van der Waals surface area contributed by atoms with Crippen molar-refractivity contribution in [1.82, 2.24) is 0 Å². The Kier molecular flexibility index (Phi) is 6.12. The predicted octanol–water partition coefficient (Wildman–Crippen LogP) is 4.39. The predicted molar refractivity (Wildman–Crippen MR) is 74.0 cm³/mol. The molecule has 0 saturated heterocycles. The number of rotatable bonds is 2.